The van der Waals surface area contributed by atoms with E-state index in [9.17, 15) is 9.59 Å². The number of amides is 2. The summed E-state index contributed by atoms with van der Waals surface area (Å²) >= 11 is 5.79. The quantitative estimate of drug-likeness (QED) is 0.854. The molecule has 2 amide bonds. The molecule has 2 aromatic carbocycles. The van der Waals surface area contributed by atoms with Gasteiger partial charge in [-0.2, -0.15) is 0 Å². The maximum Gasteiger partial charge on any atom is 0.243 e. The molecule has 5 nitrogen and oxygen atoms in total. The third kappa shape index (κ3) is 5.64. The molecule has 0 atom stereocenters. The second-order valence-corrected chi connectivity index (χ2v) is 5.29. The molecule has 0 saturated heterocycles. The smallest absolute Gasteiger partial charge is 0.243 e. The van der Waals surface area contributed by atoms with Gasteiger partial charge in [0.1, 0.15) is 5.75 Å². The van der Waals surface area contributed by atoms with Gasteiger partial charge in [-0.15, -0.1) is 0 Å². The zero-order valence-corrected chi connectivity index (χ0v) is 13.4. The van der Waals surface area contributed by atoms with Crippen molar-refractivity contribution in [2.45, 2.75) is 6.42 Å². The molecule has 0 aromatic heterocycles. The Morgan fingerprint density at radius 1 is 1.00 bits per heavy atom. The summed E-state index contributed by atoms with van der Waals surface area (Å²) in [5.74, 6) is 0.191. The molecule has 120 valence electrons. The number of ether oxygens (including phenoxy) is 1. The molecule has 2 N–H and O–H groups in total. The van der Waals surface area contributed by atoms with Gasteiger partial charge in [-0.3, -0.25) is 9.59 Å². The number of carbonyl (C=O) groups excluding carboxylic acids is 2. The number of halogens is 1. The van der Waals surface area contributed by atoms with Crippen molar-refractivity contribution in [1.82, 2.24) is 5.32 Å². The molecule has 0 aliphatic heterocycles. The molecule has 6 heteroatoms. The molecule has 23 heavy (non-hydrogen) atoms. The van der Waals surface area contributed by atoms with Crippen molar-refractivity contribution in [2.24, 2.45) is 0 Å². The van der Waals surface area contributed by atoms with Crippen molar-refractivity contribution in [3.8, 4) is 5.75 Å². The van der Waals surface area contributed by atoms with Crippen LogP contribution in [-0.4, -0.2) is 25.5 Å². The van der Waals surface area contributed by atoms with Crippen LogP contribution in [0.4, 0.5) is 5.69 Å². The van der Waals surface area contributed by atoms with Gasteiger partial charge in [0.25, 0.3) is 0 Å². The number of anilines is 1. The van der Waals surface area contributed by atoms with Gasteiger partial charge in [-0.25, -0.2) is 0 Å². The van der Waals surface area contributed by atoms with Crippen molar-refractivity contribution in [3.63, 3.8) is 0 Å². The van der Waals surface area contributed by atoms with Crippen LogP contribution in [0.3, 0.4) is 0 Å². The molecule has 0 fully saturated rings. The van der Waals surface area contributed by atoms with Crippen molar-refractivity contribution in [2.75, 3.05) is 19.0 Å². The number of rotatable bonds is 6. The fourth-order valence-electron chi connectivity index (χ4n) is 1.91. The van der Waals surface area contributed by atoms with E-state index in [4.69, 9.17) is 16.3 Å². The third-order valence-corrected chi connectivity index (χ3v) is 3.35. The highest BCUT2D eigenvalue weighted by Gasteiger charge is 2.07. The van der Waals surface area contributed by atoms with Gasteiger partial charge < -0.3 is 15.4 Å². The Kier molecular flexibility index (Phi) is 6.00. The molecule has 0 saturated carbocycles. The van der Waals surface area contributed by atoms with Crippen molar-refractivity contribution in [3.05, 3.63) is 59.1 Å². The second-order valence-electron chi connectivity index (χ2n) is 4.86. The van der Waals surface area contributed by atoms with Crippen molar-refractivity contribution < 1.29 is 14.3 Å². The minimum atomic E-state index is -0.292. The Morgan fingerprint density at radius 3 is 2.26 bits per heavy atom. The maximum atomic E-state index is 11.8. The number of benzene rings is 2. The van der Waals surface area contributed by atoms with Crippen LogP contribution in [0.2, 0.25) is 5.02 Å². The fraction of sp³-hybridized carbons (Fsp3) is 0.176. The topological polar surface area (TPSA) is 67.4 Å². The Morgan fingerprint density at radius 2 is 1.65 bits per heavy atom. The molecule has 0 bridgehead atoms. The van der Waals surface area contributed by atoms with E-state index in [1.165, 1.54) is 0 Å². The van der Waals surface area contributed by atoms with Crippen LogP contribution in [0, 0.1) is 0 Å². The Hall–Kier alpha value is -2.53. The minimum Gasteiger partial charge on any atom is -0.497 e. The zero-order chi connectivity index (χ0) is 16.7. The largest absolute Gasteiger partial charge is 0.497 e. The van der Waals surface area contributed by atoms with Crippen molar-refractivity contribution >= 4 is 29.1 Å². The second kappa shape index (κ2) is 8.19. The van der Waals surface area contributed by atoms with E-state index in [1.807, 2.05) is 0 Å². The first-order valence-electron chi connectivity index (χ1n) is 7.02. The van der Waals surface area contributed by atoms with E-state index < -0.39 is 0 Å². The molecule has 2 rings (SSSR count). The predicted molar refractivity (Wildman–Crippen MR) is 89.8 cm³/mol. The Bertz CT molecular complexity index is 669. The van der Waals surface area contributed by atoms with E-state index in [0.717, 1.165) is 5.56 Å². The third-order valence-electron chi connectivity index (χ3n) is 3.10. The first-order chi connectivity index (χ1) is 11.1. The van der Waals surface area contributed by atoms with Crippen LogP contribution in [0.15, 0.2) is 48.5 Å². The van der Waals surface area contributed by atoms with Gasteiger partial charge >= 0.3 is 0 Å². The number of hydrogen-bond donors (Lipinski definition) is 2. The molecule has 0 unspecified atom stereocenters. The summed E-state index contributed by atoms with van der Waals surface area (Å²) in [6.07, 6.45) is 0.201. The molecule has 0 heterocycles. The monoisotopic (exact) mass is 332 g/mol. The minimum absolute atomic E-state index is 0.0849. The number of carbonyl (C=O) groups is 2. The lowest BCUT2D eigenvalue weighted by atomic mass is 10.1. The highest BCUT2D eigenvalue weighted by Crippen LogP contribution is 2.14. The standard InChI is InChI=1S/C17H17ClN2O3/c1-23-15-8-6-14(7-9-15)20-17(22)11-19-16(21)10-12-2-4-13(18)5-3-12/h2-9H,10-11H2,1H3,(H,19,21)(H,20,22). The Balaban J connectivity index is 1.76. The summed E-state index contributed by atoms with van der Waals surface area (Å²) in [7, 11) is 1.57. The number of hydrogen-bond acceptors (Lipinski definition) is 3. The number of nitrogens with one attached hydrogen (secondary N) is 2. The lowest BCUT2D eigenvalue weighted by Gasteiger charge is -2.08. The summed E-state index contributed by atoms with van der Waals surface area (Å²) < 4.78 is 5.04. The lowest BCUT2D eigenvalue weighted by molar-refractivity contribution is -0.123. The van der Waals surface area contributed by atoms with Gasteiger partial charge in [0.05, 0.1) is 20.1 Å². The highest BCUT2D eigenvalue weighted by atomic mass is 35.5. The lowest BCUT2D eigenvalue weighted by Crippen LogP contribution is -2.33. The van der Waals surface area contributed by atoms with Gasteiger partial charge in [-0.05, 0) is 42.0 Å². The summed E-state index contributed by atoms with van der Waals surface area (Å²) in [4.78, 5) is 23.6. The zero-order valence-electron chi connectivity index (χ0n) is 12.6. The fourth-order valence-corrected chi connectivity index (χ4v) is 2.03. The van der Waals surface area contributed by atoms with Gasteiger partial charge in [0.15, 0.2) is 0 Å². The molecular formula is C17H17ClN2O3. The molecule has 0 aliphatic carbocycles. The van der Waals surface area contributed by atoms with E-state index in [2.05, 4.69) is 10.6 Å². The number of methoxy groups -OCH3 is 1. The summed E-state index contributed by atoms with van der Waals surface area (Å²) in [5, 5.41) is 5.89. The summed E-state index contributed by atoms with van der Waals surface area (Å²) in [6, 6.07) is 13.9. The predicted octanol–water partition coefficient (Wildman–Crippen LogP) is 2.65. The van der Waals surface area contributed by atoms with Crippen LogP contribution >= 0.6 is 11.6 Å². The summed E-state index contributed by atoms with van der Waals surface area (Å²) in [5.41, 5.74) is 1.48. The van der Waals surface area contributed by atoms with Crippen LogP contribution in [0.1, 0.15) is 5.56 Å². The van der Waals surface area contributed by atoms with Gasteiger partial charge in [0, 0.05) is 10.7 Å². The van der Waals surface area contributed by atoms with E-state index in [0.29, 0.717) is 16.5 Å². The van der Waals surface area contributed by atoms with Crippen LogP contribution in [0.25, 0.3) is 0 Å². The average molecular weight is 333 g/mol. The molecule has 0 aliphatic rings. The molecule has 0 spiro atoms. The van der Waals surface area contributed by atoms with E-state index in [-0.39, 0.29) is 24.8 Å². The van der Waals surface area contributed by atoms with E-state index in [1.54, 1.807) is 55.6 Å². The van der Waals surface area contributed by atoms with Crippen molar-refractivity contribution in [1.29, 1.82) is 0 Å². The highest BCUT2D eigenvalue weighted by molar-refractivity contribution is 6.30. The van der Waals surface area contributed by atoms with Gasteiger partial charge in [-0.1, -0.05) is 23.7 Å². The molecular weight excluding hydrogens is 316 g/mol. The van der Waals surface area contributed by atoms with Gasteiger partial charge in [0.2, 0.25) is 11.8 Å². The maximum absolute atomic E-state index is 11.8. The Labute approximate surface area is 139 Å². The van der Waals surface area contributed by atoms with E-state index >= 15 is 0 Å². The average Bonchev–Trinajstić information content (AvgIpc) is 2.56. The molecule has 0 radical (unpaired) electrons. The first kappa shape index (κ1) is 16.8. The first-order valence-corrected chi connectivity index (χ1v) is 7.39. The van der Waals surface area contributed by atoms with Crippen LogP contribution in [-0.2, 0) is 16.0 Å². The van der Waals surface area contributed by atoms with Crippen LogP contribution < -0.4 is 15.4 Å². The molecule has 2 aromatic rings. The SMILES string of the molecule is COc1ccc(NC(=O)CNC(=O)Cc2ccc(Cl)cc2)cc1. The summed E-state index contributed by atoms with van der Waals surface area (Å²) in [6.45, 7) is -0.0849. The normalized spacial score (nSPS) is 10.0. The van der Waals surface area contributed by atoms with Crippen LogP contribution in [0.5, 0.6) is 5.75 Å².